The maximum atomic E-state index is 4.12. The molecule has 1 heterocycles. The number of hydrogen-bond acceptors (Lipinski definition) is 2. The van der Waals surface area contributed by atoms with Gasteiger partial charge in [0.2, 0.25) is 0 Å². The molecule has 1 aliphatic carbocycles. The Morgan fingerprint density at radius 1 is 1.38 bits per heavy atom. The summed E-state index contributed by atoms with van der Waals surface area (Å²) in [5.74, 6) is 1.85. The van der Waals surface area contributed by atoms with Gasteiger partial charge >= 0.3 is 0 Å². The summed E-state index contributed by atoms with van der Waals surface area (Å²) in [6.07, 6.45) is 9.43. The van der Waals surface area contributed by atoms with Gasteiger partial charge in [0.25, 0.3) is 0 Å². The lowest BCUT2D eigenvalue weighted by molar-refractivity contribution is 0.281. The summed E-state index contributed by atoms with van der Waals surface area (Å²) in [7, 11) is 2.05. The molecule has 0 amide bonds. The van der Waals surface area contributed by atoms with E-state index in [0.717, 1.165) is 24.9 Å². The van der Waals surface area contributed by atoms with Crippen LogP contribution in [0, 0.1) is 11.8 Å². The normalized spacial score (nSPS) is 25.9. The Morgan fingerprint density at radius 2 is 2.12 bits per heavy atom. The first kappa shape index (κ1) is 11.6. The van der Waals surface area contributed by atoms with Crippen molar-refractivity contribution in [3.8, 4) is 0 Å². The molecule has 2 rings (SSSR count). The molecule has 16 heavy (non-hydrogen) atoms. The first-order valence-electron chi connectivity index (χ1n) is 6.41. The molecule has 90 valence electrons. The summed E-state index contributed by atoms with van der Waals surface area (Å²) in [5, 5.41) is 3.55. The molecule has 0 bridgehead atoms. The zero-order valence-electron chi connectivity index (χ0n) is 10.4. The van der Waals surface area contributed by atoms with E-state index in [2.05, 4.69) is 21.8 Å². The minimum Gasteiger partial charge on any atom is -0.337 e. The van der Waals surface area contributed by atoms with Crippen LogP contribution in [-0.2, 0) is 13.6 Å². The van der Waals surface area contributed by atoms with Crippen molar-refractivity contribution in [2.24, 2.45) is 18.9 Å². The molecule has 3 heteroatoms. The minimum absolute atomic E-state index is 0.893. The maximum Gasteiger partial charge on any atom is 0.0945 e. The zero-order valence-corrected chi connectivity index (χ0v) is 10.4. The fourth-order valence-corrected chi connectivity index (χ4v) is 2.49. The summed E-state index contributed by atoms with van der Waals surface area (Å²) in [6.45, 7) is 4.49. The van der Waals surface area contributed by atoms with Gasteiger partial charge in [0.1, 0.15) is 0 Å². The first-order valence-corrected chi connectivity index (χ1v) is 6.41. The summed E-state index contributed by atoms with van der Waals surface area (Å²) < 4.78 is 2.08. The van der Waals surface area contributed by atoms with E-state index in [9.17, 15) is 0 Å². The van der Waals surface area contributed by atoms with Crippen LogP contribution in [0.1, 0.15) is 38.3 Å². The number of nitrogens with one attached hydrogen (secondary N) is 1. The lowest BCUT2D eigenvalue weighted by Crippen LogP contribution is -2.26. The van der Waals surface area contributed by atoms with E-state index in [4.69, 9.17) is 0 Å². The van der Waals surface area contributed by atoms with Crippen LogP contribution >= 0.6 is 0 Å². The van der Waals surface area contributed by atoms with Crippen LogP contribution in [0.25, 0.3) is 0 Å². The largest absolute Gasteiger partial charge is 0.337 e. The van der Waals surface area contributed by atoms with Crippen molar-refractivity contribution >= 4 is 0 Å². The molecule has 0 radical (unpaired) electrons. The molecule has 1 aromatic rings. The highest BCUT2D eigenvalue weighted by Crippen LogP contribution is 2.27. The average Bonchev–Trinajstić information content (AvgIpc) is 2.68. The molecule has 0 unspecified atom stereocenters. The Balaban J connectivity index is 1.67. The number of nitrogens with zero attached hydrogens (tertiary/aromatic N) is 2. The predicted octanol–water partition coefficient (Wildman–Crippen LogP) is 2.34. The molecular weight excluding hydrogens is 198 g/mol. The van der Waals surface area contributed by atoms with Crippen molar-refractivity contribution in [2.45, 2.75) is 39.2 Å². The van der Waals surface area contributed by atoms with Crippen molar-refractivity contribution in [1.29, 1.82) is 0 Å². The molecule has 1 aromatic heterocycles. The molecule has 0 atom stereocenters. The van der Waals surface area contributed by atoms with Crippen LogP contribution in [0.15, 0.2) is 12.5 Å². The Hall–Kier alpha value is -0.830. The SMILES string of the molecule is CC1CCC(CNCc2cncn2C)CC1. The topological polar surface area (TPSA) is 29.9 Å². The Labute approximate surface area is 98.3 Å². The van der Waals surface area contributed by atoms with Gasteiger partial charge in [0.05, 0.1) is 12.0 Å². The zero-order chi connectivity index (χ0) is 11.4. The second kappa shape index (κ2) is 5.48. The van der Waals surface area contributed by atoms with Crippen molar-refractivity contribution in [3.63, 3.8) is 0 Å². The third-order valence-corrected chi connectivity index (χ3v) is 3.79. The van der Waals surface area contributed by atoms with Gasteiger partial charge < -0.3 is 9.88 Å². The Bertz CT molecular complexity index is 311. The smallest absolute Gasteiger partial charge is 0.0945 e. The minimum atomic E-state index is 0.893. The van der Waals surface area contributed by atoms with E-state index in [-0.39, 0.29) is 0 Å². The second-order valence-corrected chi connectivity index (χ2v) is 5.25. The van der Waals surface area contributed by atoms with E-state index in [1.54, 1.807) is 0 Å². The number of rotatable bonds is 4. The standard InChI is InChI=1S/C13H23N3/c1-11-3-5-12(6-4-11)7-14-8-13-9-15-10-16(13)2/h9-12,14H,3-8H2,1-2H3. The van der Waals surface area contributed by atoms with Gasteiger partial charge in [-0.25, -0.2) is 4.98 Å². The monoisotopic (exact) mass is 221 g/mol. The molecule has 1 fully saturated rings. The number of aryl methyl sites for hydroxylation is 1. The predicted molar refractivity (Wildman–Crippen MR) is 66.0 cm³/mol. The fourth-order valence-electron chi connectivity index (χ4n) is 2.49. The average molecular weight is 221 g/mol. The van der Waals surface area contributed by atoms with Gasteiger partial charge in [-0.1, -0.05) is 19.8 Å². The van der Waals surface area contributed by atoms with E-state index in [0.29, 0.717) is 0 Å². The Morgan fingerprint density at radius 3 is 2.75 bits per heavy atom. The number of hydrogen-bond donors (Lipinski definition) is 1. The highest BCUT2D eigenvalue weighted by atomic mass is 15.0. The summed E-state index contributed by atoms with van der Waals surface area (Å²) in [5.41, 5.74) is 1.27. The van der Waals surface area contributed by atoms with Crippen LogP contribution in [0.4, 0.5) is 0 Å². The molecular formula is C13H23N3. The summed E-state index contributed by atoms with van der Waals surface area (Å²) in [4.78, 5) is 4.12. The van der Waals surface area contributed by atoms with Crippen molar-refractivity contribution in [3.05, 3.63) is 18.2 Å². The van der Waals surface area contributed by atoms with E-state index in [1.165, 1.54) is 31.4 Å². The van der Waals surface area contributed by atoms with Gasteiger partial charge in [-0.3, -0.25) is 0 Å². The van der Waals surface area contributed by atoms with Crippen LogP contribution in [0.3, 0.4) is 0 Å². The van der Waals surface area contributed by atoms with E-state index < -0.39 is 0 Å². The Kier molecular flexibility index (Phi) is 3.99. The van der Waals surface area contributed by atoms with Crippen LogP contribution in [-0.4, -0.2) is 16.1 Å². The highest BCUT2D eigenvalue weighted by Gasteiger charge is 2.17. The van der Waals surface area contributed by atoms with Crippen LogP contribution in [0.2, 0.25) is 0 Å². The van der Waals surface area contributed by atoms with Gasteiger partial charge in [-0.15, -0.1) is 0 Å². The quantitative estimate of drug-likeness (QED) is 0.845. The molecule has 0 aliphatic heterocycles. The lowest BCUT2D eigenvalue weighted by atomic mass is 9.83. The van der Waals surface area contributed by atoms with Gasteiger partial charge in [-0.2, -0.15) is 0 Å². The van der Waals surface area contributed by atoms with E-state index in [1.807, 2.05) is 19.6 Å². The van der Waals surface area contributed by atoms with Crippen molar-refractivity contribution < 1.29 is 0 Å². The van der Waals surface area contributed by atoms with Crippen LogP contribution < -0.4 is 5.32 Å². The van der Waals surface area contributed by atoms with E-state index >= 15 is 0 Å². The third kappa shape index (κ3) is 3.08. The second-order valence-electron chi connectivity index (χ2n) is 5.25. The fraction of sp³-hybridized carbons (Fsp3) is 0.769. The molecule has 1 N–H and O–H groups in total. The van der Waals surface area contributed by atoms with Gasteiger partial charge in [0, 0.05) is 19.8 Å². The lowest BCUT2D eigenvalue weighted by Gasteiger charge is -2.26. The molecule has 1 saturated carbocycles. The molecule has 0 saturated heterocycles. The number of imidazole rings is 1. The first-order chi connectivity index (χ1) is 7.75. The van der Waals surface area contributed by atoms with Gasteiger partial charge in [-0.05, 0) is 31.2 Å². The van der Waals surface area contributed by atoms with Crippen molar-refractivity contribution in [1.82, 2.24) is 14.9 Å². The third-order valence-electron chi connectivity index (χ3n) is 3.79. The maximum absolute atomic E-state index is 4.12. The molecule has 1 aliphatic rings. The highest BCUT2D eigenvalue weighted by molar-refractivity contribution is 4.96. The summed E-state index contributed by atoms with van der Waals surface area (Å²) in [6, 6.07) is 0. The van der Waals surface area contributed by atoms with Crippen molar-refractivity contribution in [2.75, 3.05) is 6.54 Å². The molecule has 3 nitrogen and oxygen atoms in total. The molecule has 0 spiro atoms. The van der Waals surface area contributed by atoms with Crippen LogP contribution in [0.5, 0.6) is 0 Å². The molecule has 0 aromatic carbocycles. The summed E-state index contributed by atoms with van der Waals surface area (Å²) >= 11 is 0. The number of aromatic nitrogens is 2. The van der Waals surface area contributed by atoms with Gasteiger partial charge in [0.15, 0.2) is 0 Å².